The highest BCUT2D eigenvalue weighted by atomic mass is 15.2. The smallest absolute Gasteiger partial charge is 0.127 e. The summed E-state index contributed by atoms with van der Waals surface area (Å²) in [7, 11) is 6.24. The van der Waals surface area contributed by atoms with Crippen molar-refractivity contribution < 1.29 is 0 Å². The zero-order valence-corrected chi connectivity index (χ0v) is 11.0. The molecule has 1 atom stereocenters. The van der Waals surface area contributed by atoms with Crippen LogP contribution in [0.3, 0.4) is 0 Å². The van der Waals surface area contributed by atoms with E-state index in [0.29, 0.717) is 6.04 Å². The van der Waals surface area contributed by atoms with Gasteiger partial charge in [-0.05, 0) is 33.0 Å². The van der Waals surface area contributed by atoms with Gasteiger partial charge in [-0.15, -0.1) is 0 Å². The third-order valence-corrected chi connectivity index (χ3v) is 3.49. The first-order valence-corrected chi connectivity index (χ1v) is 6.26. The lowest BCUT2D eigenvalue weighted by molar-refractivity contribution is 0.258. The highest BCUT2D eigenvalue weighted by Gasteiger charge is 2.21. The van der Waals surface area contributed by atoms with Crippen LogP contribution in [0.1, 0.15) is 12.8 Å². The van der Waals surface area contributed by atoms with Gasteiger partial charge in [0, 0.05) is 44.1 Å². The largest absolute Gasteiger partial charge is 0.373 e. The van der Waals surface area contributed by atoms with Crippen LogP contribution in [0.25, 0.3) is 0 Å². The van der Waals surface area contributed by atoms with Gasteiger partial charge >= 0.3 is 0 Å². The van der Waals surface area contributed by atoms with Crippen LogP contribution in [0, 0.1) is 0 Å². The minimum absolute atomic E-state index is 0.662. The highest BCUT2D eigenvalue weighted by molar-refractivity contribution is 5.54. The maximum Gasteiger partial charge on any atom is 0.127 e. The van der Waals surface area contributed by atoms with Crippen LogP contribution in [0.2, 0.25) is 0 Å². The Kier molecular flexibility index (Phi) is 3.84. The van der Waals surface area contributed by atoms with Gasteiger partial charge in [0.15, 0.2) is 0 Å². The highest BCUT2D eigenvalue weighted by Crippen LogP contribution is 2.22. The molecule has 0 aromatic carbocycles. The lowest BCUT2D eigenvalue weighted by Gasteiger charge is -2.37. The fraction of sp³-hybridized carbons (Fsp3) is 0.615. The van der Waals surface area contributed by atoms with Gasteiger partial charge in [-0.3, -0.25) is 0 Å². The first kappa shape index (κ1) is 12.2. The Morgan fingerprint density at radius 1 is 1.47 bits per heavy atom. The standard InChI is InChI=1S/C13H22N4/c1-14-13-9-11(6-7-15-13)17-8-4-5-12(10-17)16(2)3/h6-7,9,12H,4-5,8,10H2,1-3H3,(H,14,15). The molecule has 0 saturated carbocycles. The number of likely N-dealkylation sites (N-methyl/N-ethyl adjacent to an activating group) is 1. The van der Waals surface area contributed by atoms with Crippen molar-refractivity contribution in [3.63, 3.8) is 0 Å². The molecule has 0 aliphatic carbocycles. The third-order valence-electron chi connectivity index (χ3n) is 3.49. The molecule has 1 fully saturated rings. The number of piperidine rings is 1. The van der Waals surface area contributed by atoms with Gasteiger partial charge in [-0.25, -0.2) is 4.98 Å². The topological polar surface area (TPSA) is 31.4 Å². The van der Waals surface area contributed by atoms with E-state index in [1.54, 1.807) is 0 Å². The summed E-state index contributed by atoms with van der Waals surface area (Å²) in [4.78, 5) is 9.04. The normalized spacial score (nSPS) is 20.7. The average molecular weight is 234 g/mol. The predicted molar refractivity (Wildman–Crippen MR) is 72.7 cm³/mol. The van der Waals surface area contributed by atoms with Crippen molar-refractivity contribution >= 4 is 11.5 Å². The number of hydrogen-bond donors (Lipinski definition) is 1. The summed E-state index contributed by atoms with van der Waals surface area (Å²) in [6.45, 7) is 2.26. The second kappa shape index (κ2) is 5.36. The first-order chi connectivity index (χ1) is 8.20. The molecular weight excluding hydrogens is 212 g/mol. The molecule has 1 aromatic rings. The monoisotopic (exact) mass is 234 g/mol. The fourth-order valence-corrected chi connectivity index (χ4v) is 2.36. The Hall–Kier alpha value is -1.29. The molecule has 0 amide bonds. The van der Waals surface area contributed by atoms with Crippen molar-refractivity contribution in [2.45, 2.75) is 18.9 Å². The predicted octanol–water partition coefficient (Wildman–Crippen LogP) is 1.65. The molecule has 2 heterocycles. The molecular formula is C13H22N4. The minimum atomic E-state index is 0.662. The van der Waals surface area contributed by atoms with E-state index in [9.17, 15) is 0 Å². The summed E-state index contributed by atoms with van der Waals surface area (Å²) < 4.78 is 0. The van der Waals surface area contributed by atoms with Crippen molar-refractivity contribution in [1.82, 2.24) is 9.88 Å². The Balaban J connectivity index is 2.10. The molecule has 1 aromatic heterocycles. The molecule has 1 aliphatic rings. The molecule has 17 heavy (non-hydrogen) atoms. The Bertz CT molecular complexity index is 364. The zero-order valence-electron chi connectivity index (χ0n) is 11.0. The van der Waals surface area contributed by atoms with E-state index in [0.717, 1.165) is 18.9 Å². The average Bonchev–Trinajstić information content (AvgIpc) is 2.39. The van der Waals surface area contributed by atoms with Gasteiger partial charge in [0.25, 0.3) is 0 Å². The summed E-state index contributed by atoms with van der Waals surface area (Å²) in [5, 5.41) is 3.09. The van der Waals surface area contributed by atoms with Gasteiger partial charge in [-0.2, -0.15) is 0 Å². The molecule has 0 spiro atoms. The van der Waals surface area contributed by atoms with Gasteiger partial charge in [0.05, 0.1) is 0 Å². The van der Waals surface area contributed by atoms with E-state index in [-0.39, 0.29) is 0 Å². The van der Waals surface area contributed by atoms with Crippen LogP contribution in [0.4, 0.5) is 11.5 Å². The van der Waals surface area contributed by atoms with Crippen LogP contribution < -0.4 is 10.2 Å². The molecule has 1 unspecified atom stereocenters. The SMILES string of the molecule is CNc1cc(N2CCCC(N(C)C)C2)ccn1. The lowest BCUT2D eigenvalue weighted by Crippen LogP contribution is -2.45. The number of anilines is 2. The van der Waals surface area contributed by atoms with Gasteiger partial charge in [0.1, 0.15) is 5.82 Å². The van der Waals surface area contributed by atoms with Crippen LogP contribution >= 0.6 is 0 Å². The van der Waals surface area contributed by atoms with Crippen molar-refractivity contribution in [2.24, 2.45) is 0 Å². The fourth-order valence-electron chi connectivity index (χ4n) is 2.36. The Morgan fingerprint density at radius 3 is 3.00 bits per heavy atom. The molecule has 4 heteroatoms. The molecule has 0 bridgehead atoms. The Morgan fingerprint density at radius 2 is 2.29 bits per heavy atom. The summed E-state index contributed by atoms with van der Waals surface area (Å²) in [6.07, 6.45) is 4.44. The number of pyridine rings is 1. The maximum absolute atomic E-state index is 4.26. The number of nitrogens with one attached hydrogen (secondary N) is 1. The molecule has 0 radical (unpaired) electrons. The van der Waals surface area contributed by atoms with Crippen LogP contribution in [-0.2, 0) is 0 Å². The van der Waals surface area contributed by atoms with Crippen LogP contribution in [-0.4, -0.2) is 50.2 Å². The van der Waals surface area contributed by atoms with E-state index >= 15 is 0 Å². The van der Waals surface area contributed by atoms with Crippen molar-refractivity contribution in [3.05, 3.63) is 18.3 Å². The van der Waals surface area contributed by atoms with Crippen molar-refractivity contribution in [3.8, 4) is 0 Å². The summed E-state index contributed by atoms with van der Waals surface area (Å²) in [6, 6.07) is 4.88. The van der Waals surface area contributed by atoms with Crippen LogP contribution in [0.15, 0.2) is 18.3 Å². The van der Waals surface area contributed by atoms with E-state index in [2.05, 4.69) is 46.3 Å². The second-order valence-electron chi connectivity index (χ2n) is 4.85. The number of rotatable bonds is 3. The number of aromatic nitrogens is 1. The molecule has 1 saturated heterocycles. The van der Waals surface area contributed by atoms with Gasteiger partial charge < -0.3 is 15.1 Å². The second-order valence-corrected chi connectivity index (χ2v) is 4.85. The van der Waals surface area contributed by atoms with E-state index in [1.165, 1.54) is 18.5 Å². The molecule has 1 aliphatic heterocycles. The quantitative estimate of drug-likeness (QED) is 0.862. The van der Waals surface area contributed by atoms with Crippen molar-refractivity contribution in [2.75, 3.05) is 44.4 Å². The summed E-state index contributed by atoms with van der Waals surface area (Å²) >= 11 is 0. The zero-order chi connectivity index (χ0) is 12.3. The number of hydrogen-bond acceptors (Lipinski definition) is 4. The van der Waals surface area contributed by atoms with E-state index in [1.807, 2.05) is 13.2 Å². The van der Waals surface area contributed by atoms with E-state index in [4.69, 9.17) is 0 Å². The summed E-state index contributed by atoms with van der Waals surface area (Å²) in [5.41, 5.74) is 1.27. The molecule has 94 valence electrons. The van der Waals surface area contributed by atoms with E-state index < -0.39 is 0 Å². The number of nitrogens with zero attached hydrogens (tertiary/aromatic N) is 3. The third kappa shape index (κ3) is 2.88. The molecule has 2 rings (SSSR count). The minimum Gasteiger partial charge on any atom is -0.373 e. The Labute approximate surface area is 104 Å². The molecule has 4 nitrogen and oxygen atoms in total. The lowest BCUT2D eigenvalue weighted by atomic mass is 10.0. The van der Waals surface area contributed by atoms with Crippen molar-refractivity contribution in [1.29, 1.82) is 0 Å². The maximum atomic E-state index is 4.26. The van der Waals surface area contributed by atoms with Gasteiger partial charge in [-0.1, -0.05) is 0 Å². The summed E-state index contributed by atoms with van der Waals surface area (Å²) in [5.74, 6) is 0.939. The molecule has 1 N–H and O–H groups in total. The van der Waals surface area contributed by atoms with Gasteiger partial charge in [0.2, 0.25) is 0 Å². The first-order valence-electron chi connectivity index (χ1n) is 6.26. The van der Waals surface area contributed by atoms with Crippen LogP contribution in [0.5, 0.6) is 0 Å².